The van der Waals surface area contributed by atoms with Crippen LogP contribution >= 0.6 is 0 Å². The minimum Gasteiger partial charge on any atom is -0.480 e. The number of nitrogens with two attached hydrogens (primary N) is 1. The van der Waals surface area contributed by atoms with E-state index in [1.807, 2.05) is 4.90 Å². The predicted octanol–water partition coefficient (Wildman–Crippen LogP) is -0.840. The quantitative estimate of drug-likeness (QED) is 0.622. The highest BCUT2D eigenvalue weighted by atomic mass is 16.5. The number of ether oxygens (including phenoxy) is 1. The van der Waals surface area contributed by atoms with E-state index in [0.29, 0.717) is 26.1 Å². The van der Waals surface area contributed by atoms with Crippen LogP contribution in [-0.4, -0.2) is 66.3 Å². The Hall–Kier alpha value is -1.18. The van der Waals surface area contributed by atoms with Gasteiger partial charge in [-0.25, -0.2) is 4.79 Å². The summed E-state index contributed by atoms with van der Waals surface area (Å²) in [4.78, 5) is 25.6. The molecule has 7 nitrogen and oxygen atoms in total. The van der Waals surface area contributed by atoms with Crippen LogP contribution in [0.4, 0.5) is 0 Å². The van der Waals surface area contributed by atoms with E-state index in [1.54, 1.807) is 0 Å². The normalized spacial score (nSPS) is 24.2. The molecule has 114 valence electrons. The minimum atomic E-state index is -1.17. The molecular weight excluding hydrogens is 262 g/mol. The summed E-state index contributed by atoms with van der Waals surface area (Å²) < 4.78 is 5.18. The molecule has 2 saturated heterocycles. The lowest BCUT2D eigenvalue weighted by Gasteiger charge is -2.35. The number of carboxylic acid groups (broad SMARTS) is 1. The Kier molecular flexibility index (Phi) is 4.95. The molecule has 2 aliphatic rings. The molecule has 0 saturated carbocycles. The van der Waals surface area contributed by atoms with Gasteiger partial charge in [0.25, 0.3) is 0 Å². The fraction of sp³-hybridized carbons (Fsp3) is 0.846. The maximum atomic E-state index is 12.1. The monoisotopic (exact) mass is 285 g/mol. The first-order valence-corrected chi connectivity index (χ1v) is 7.12. The molecule has 4 N–H and O–H groups in total. The first-order valence-electron chi connectivity index (χ1n) is 7.12. The van der Waals surface area contributed by atoms with Crippen LogP contribution in [0.1, 0.15) is 25.7 Å². The highest BCUT2D eigenvalue weighted by Crippen LogP contribution is 2.21. The third-order valence-corrected chi connectivity index (χ3v) is 4.13. The van der Waals surface area contributed by atoms with Gasteiger partial charge in [-0.3, -0.25) is 9.69 Å². The summed E-state index contributed by atoms with van der Waals surface area (Å²) in [6.07, 6.45) is 2.40. The number of amides is 1. The molecule has 0 aromatic heterocycles. The first kappa shape index (κ1) is 15.2. The molecule has 2 fully saturated rings. The van der Waals surface area contributed by atoms with Crippen molar-refractivity contribution in [3.8, 4) is 0 Å². The predicted molar refractivity (Wildman–Crippen MR) is 72.2 cm³/mol. The Labute approximate surface area is 118 Å². The van der Waals surface area contributed by atoms with Crippen LogP contribution in [-0.2, 0) is 14.3 Å². The van der Waals surface area contributed by atoms with E-state index in [9.17, 15) is 14.7 Å². The SMILES string of the molecule is NC1CCN(CC(=O)NC2(C(=O)O)CCOCC2)CC1. The number of carbonyl (C=O) groups excluding carboxylic acids is 1. The fourth-order valence-corrected chi connectivity index (χ4v) is 2.73. The Morgan fingerprint density at radius 3 is 2.45 bits per heavy atom. The lowest BCUT2D eigenvalue weighted by atomic mass is 9.90. The van der Waals surface area contributed by atoms with Crippen LogP contribution in [0.5, 0.6) is 0 Å². The molecule has 0 aliphatic carbocycles. The van der Waals surface area contributed by atoms with Gasteiger partial charge in [-0.2, -0.15) is 0 Å². The average Bonchev–Trinajstić information content (AvgIpc) is 2.42. The van der Waals surface area contributed by atoms with Crippen LogP contribution in [0, 0.1) is 0 Å². The number of carbonyl (C=O) groups is 2. The van der Waals surface area contributed by atoms with Crippen molar-refractivity contribution in [2.45, 2.75) is 37.3 Å². The van der Waals surface area contributed by atoms with E-state index < -0.39 is 11.5 Å². The zero-order valence-electron chi connectivity index (χ0n) is 11.6. The van der Waals surface area contributed by atoms with Crippen molar-refractivity contribution in [3.05, 3.63) is 0 Å². The molecule has 7 heteroatoms. The molecule has 1 amide bonds. The largest absolute Gasteiger partial charge is 0.480 e. The van der Waals surface area contributed by atoms with E-state index in [4.69, 9.17) is 10.5 Å². The Bertz CT molecular complexity index is 361. The number of nitrogens with zero attached hydrogens (tertiary/aromatic N) is 1. The summed E-state index contributed by atoms with van der Waals surface area (Å²) in [5.74, 6) is -1.21. The summed E-state index contributed by atoms with van der Waals surface area (Å²) in [5.41, 5.74) is 4.65. The van der Waals surface area contributed by atoms with Crippen LogP contribution in [0.2, 0.25) is 0 Å². The maximum absolute atomic E-state index is 12.1. The molecule has 2 rings (SSSR count). The fourth-order valence-electron chi connectivity index (χ4n) is 2.73. The lowest BCUT2D eigenvalue weighted by Crippen LogP contribution is -2.59. The molecule has 2 heterocycles. The van der Waals surface area contributed by atoms with Gasteiger partial charge in [0.15, 0.2) is 0 Å². The second-order valence-corrected chi connectivity index (χ2v) is 5.66. The van der Waals surface area contributed by atoms with Crippen LogP contribution < -0.4 is 11.1 Å². The number of carboxylic acids is 1. The molecule has 0 aromatic rings. The van der Waals surface area contributed by atoms with E-state index in [1.165, 1.54) is 0 Å². The number of aliphatic carboxylic acids is 1. The second-order valence-electron chi connectivity index (χ2n) is 5.66. The third-order valence-electron chi connectivity index (χ3n) is 4.13. The van der Waals surface area contributed by atoms with Gasteiger partial charge < -0.3 is 20.9 Å². The smallest absolute Gasteiger partial charge is 0.329 e. The number of hydrogen-bond donors (Lipinski definition) is 3. The lowest BCUT2D eigenvalue weighted by molar-refractivity contribution is -0.152. The van der Waals surface area contributed by atoms with Crippen molar-refractivity contribution < 1.29 is 19.4 Å². The Balaban J connectivity index is 1.87. The molecule has 2 aliphatic heterocycles. The molecule has 0 atom stereocenters. The van der Waals surface area contributed by atoms with Crippen LogP contribution in [0.25, 0.3) is 0 Å². The van der Waals surface area contributed by atoms with Gasteiger partial charge >= 0.3 is 5.97 Å². The van der Waals surface area contributed by atoms with E-state index in [0.717, 1.165) is 25.9 Å². The number of nitrogens with one attached hydrogen (secondary N) is 1. The van der Waals surface area contributed by atoms with Gasteiger partial charge in [0.05, 0.1) is 6.54 Å². The summed E-state index contributed by atoms with van der Waals surface area (Å²) in [6, 6.07) is 0.218. The molecule has 0 spiro atoms. The van der Waals surface area contributed by atoms with Crippen molar-refractivity contribution in [3.63, 3.8) is 0 Å². The van der Waals surface area contributed by atoms with Gasteiger partial charge in [0.1, 0.15) is 5.54 Å². The summed E-state index contributed by atoms with van der Waals surface area (Å²) in [7, 11) is 0. The van der Waals surface area contributed by atoms with Crippen molar-refractivity contribution in [2.75, 3.05) is 32.8 Å². The van der Waals surface area contributed by atoms with Gasteiger partial charge in [0.2, 0.25) is 5.91 Å². The van der Waals surface area contributed by atoms with Crippen molar-refractivity contribution >= 4 is 11.9 Å². The van der Waals surface area contributed by atoms with Crippen LogP contribution in [0.3, 0.4) is 0 Å². The van der Waals surface area contributed by atoms with Crippen molar-refractivity contribution in [1.29, 1.82) is 0 Å². The summed E-state index contributed by atoms with van der Waals surface area (Å²) in [6.45, 7) is 2.55. The third kappa shape index (κ3) is 3.68. The van der Waals surface area contributed by atoms with Crippen LogP contribution in [0.15, 0.2) is 0 Å². The molecular formula is C13H23N3O4. The first-order chi connectivity index (χ1) is 9.52. The number of likely N-dealkylation sites (tertiary alicyclic amines) is 1. The summed E-state index contributed by atoms with van der Waals surface area (Å²) >= 11 is 0. The Morgan fingerprint density at radius 2 is 1.90 bits per heavy atom. The summed E-state index contributed by atoms with van der Waals surface area (Å²) in [5, 5.41) is 12.1. The topological polar surface area (TPSA) is 105 Å². The van der Waals surface area contributed by atoms with Gasteiger partial charge in [-0.1, -0.05) is 0 Å². The molecule has 0 unspecified atom stereocenters. The van der Waals surface area contributed by atoms with Gasteiger partial charge in [-0.05, 0) is 12.8 Å². The number of hydrogen-bond acceptors (Lipinski definition) is 5. The molecule has 20 heavy (non-hydrogen) atoms. The van der Waals surface area contributed by atoms with Gasteiger partial charge in [-0.15, -0.1) is 0 Å². The van der Waals surface area contributed by atoms with Crippen molar-refractivity contribution in [1.82, 2.24) is 10.2 Å². The number of rotatable bonds is 4. The van der Waals surface area contributed by atoms with Gasteiger partial charge in [0, 0.05) is 45.2 Å². The average molecular weight is 285 g/mol. The standard InChI is InChI=1S/C13H23N3O4/c14-10-1-5-16(6-2-10)9-11(17)15-13(12(18)19)3-7-20-8-4-13/h10H,1-9,14H2,(H,15,17)(H,18,19). The minimum absolute atomic E-state index is 0.218. The van der Waals surface area contributed by atoms with E-state index in [-0.39, 0.29) is 18.5 Å². The zero-order valence-corrected chi connectivity index (χ0v) is 11.6. The highest BCUT2D eigenvalue weighted by Gasteiger charge is 2.41. The van der Waals surface area contributed by atoms with E-state index in [2.05, 4.69) is 5.32 Å². The molecule has 0 bridgehead atoms. The number of piperidine rings is 1. The highest BCUT2D eigenvalue weighted by molar-refractivity contribution is 5.88. The molecule has 0 radical (unpaired) electrons. The Morgan fingerprint density at radius 1 is 1.30 bits per heavy atom. The maximum Gasteiger partial charge on any atom is 0.329 e. The van der Waals surface area contributed by atoms with Crippen molar-refractivity contribution in [2.24, 2.45) is 5.73 Å². The molecule has 0 aromatic carbocycles. The van der Waals surface area contributed by atoms with E-state index >= 15 is 0 Å². The second kappa shape index (κ2) is 6.51. The zero-order chi connectivity index (χ0) is 14.6.